The zero-order valence-electron chi connectivity index (χ0n) is 12.8. The van der Waals surface area contributed by atoms with E-state index in [2.05, 4.69) is 5.32 Å². The number of carboxylic acids is 1. The van der Waals surface area contributed by atoms with E-state index in [1.807, 2.05) is 0 Å². The van der Waals surface area contributed by atoms with Crippen LogP contribution in [0.25, 0.3) is 0 Å². The molecule has 0 bridgehead atoms. The highest BCUT2D eigenvalue weighted by Gasteiger charge is 2.34. The van der Waals surface area contributed by atoms with Gasteiger partial charge in [0.2, 0.25) is 11.8 Å². The number of carboxylic acid groups (broad SMARTS) is 1. The van der Waals surface area contributed by atoms with E-state index in [4.69, 9.17) is 9.84 Å². The molecule has 2 atom stereocenters. The number of hydrogen-bond donors (Lipinski definition) is 2. The smallest absolute Gasteiger partial charge is 0.308 e. The van der Waals surface area contributed by atoms with Crippen LogP contribution >= 0.6 is 0 Å². The van der Waals surface area contributed by atoms with Gasteiger partial charge in [-0.1, -0.05) is 13.8 Å². The van der Waals surface area contributed by atoms with Crippen LogP contribution in [0.2, 0.25) is 0 Å². The van der Waals surface area contributed by atoms with Gasteiger partial charge < -0.3 is 20.1 Å². The third-order valence-electron chi connectivity index (χ3n) is 3.77. The molecule has 0 aliphatic carbocycles. The summed E-state index contributed by atoms with van der Waals surface area (Å²) in [7, 11) is 1.56. The van der Waals surface area contributed by atoms with Crippen LogP contribution in [0, 0.1) is 17.8 Å². The predicted octanol–water partition coefficient (Wildman–Crippen LogP) is -0.0457. The first-order valence-corrected chi connectivity index (χ1v) is 7.14. The first-order valence-electron chi connectivity index (χ1n) is 7.14. The number of rotatable bonds is 8. The molecular formula is C14H24N2O5. The summed E-state index contributed by atoms with van der Waals surface area (Å²) in [5.74, 6) is -2.33. The second kappa shape index (κ2) is 7.97. The molecule has 21 heavy (non-hydrogen) atoms. The van der Waals surface area contributed by atoms with Gasteiger partial charge in [0.05, 0.1) is 18.4 Å². The highest BCUT2D eigenvalue weighted by atomic mass is 16.5. The number of hydrogen-bond acceptors (Lipinski definition) is 4. The summed E-state index contributed by atoms with van der Waals surface area (Å²) in [5.41, 5.74) is 0. The van der Waals surface area contributed by atoms with E-state index in [0.717, 1.165) is 0 Å². The minimum Gasteiger partial charge on any atom is -0.481 e. The molecule has 0 radical (unpaired) electrons. The third kappa shape index (κ3) is 5.00. The molecule has 1 fully saturated rings. The Labute approximate surface area is 124 Å². The minimum atomic E-state index is -0.922. The quantitative estimate of drug-likeness (QED) is 0.655. The number of carbonyl (C=O) groups excluding carboxylic acids is 2. The van der Waals surface area contributed by atoms with E-state index in [-0.39, 0.29) is 30.7 Å². The molecule has 0 aromatic rings. The van der Waals surface area contributed by atoms with Crippen molar-refractivity contribution in [2.45, 2.75) is 20.3 Å². The largest absolute Gasteiger partial charge is 0.481 e. The van der Waals surface area contributed by atoms with Gasteiger partial charge in [-0.05, 0) is 5.92 Å². The molecule has 2 N–H and O–H groups in total. The lowest BCUT2D eigenvalue weighted by Crippen LogP contribution is -2.39. The maximum atomic E-state index is 12.0. The monoisotopic (exact) mass is 300 g/mol. The summed E-state index contributed by atoms with van der Waals surface area (Å²) in [5, 5.41) is 11.7. The first kappa shape index (κ1) is 17.4. The molecule has 0 aromatic heterocycles. The molecular weight excluding hydrogens is 276 g/mol. The van der Waals surface area contributed by atoms with Crippen LogP contribution < -0.4 is 5.32 Å². The molecule has 120 valence electrons. The Morgan fingerprint density at radius 3 is 2.67 bits per heavy atom. The Morgan fingerprint density at radius 2 is 2.14 bits per heavy atom. The van der Waals surface area contributed by atoms with Gasteiger partial charge in [-0.25, -0.2) is 0 Å². The van der Waals surface area contributed by atoms with Crippen LogP contribution in [-0.2, 0) is 19.1 Å². The zero-order valence-corrected chi connectivity index (χ0v) is 12.8. The van der Waals surface area contributed by atoms with E-state index in [9.17, 15) is 14.4 Å². The van der Waals surface area contributed by atoms with Gasteiger partial charge in [-0.15, -0.1) is 0 Å². The molecule has 7 heteroatoms. The first-order chi connectivity index (χ1) is 9.86. The van der Waals surface area contributed by atoms with Crippen molar-refractivity contribution < 1.29 is 24.2 Å². The molecule has 0 saturated carbocycles. The van der Waals surface area contributed by atoms with Crippen molar-refractivity contribution in [2.75, 3.05) is 33.4 Å². The number of likely N-dealkylation sites (tertiary alicyclic amines) is 1. The van der Waals surface area contributed by atoms with Crippen molar-refractivity contribution in [2.24, 2.45) is 17.8 Å². The second-order valence-corrected chi connectivity index (χ2v) is 5.67. The lowest BCUT2D eigenvalue weighted by atomic mass is 9.95. The fourth-order valence-corrected chi connectivity index (χ4v) is 2.33. The number of aliphatic carboxylic acids is 1. The number of amides is 2. The number of methoxy groups -OCH3 is 1. The average molecular weight is 300 g/mol. The van der Waals surface area contributed by atoms with Crippen molar-refractivity contribution >= 4 is 17.8 Å². The lowest BCUT2D eigenvalue weighted by Gasteiger charge is -2.19. The maximum Gasteiger partial charge on any atom is 0.308 e. The summed E-state index contributed by atoms with van der Waals surface area (Å²) in [6.45, 7) is 4.98. The van der Waals surface area contributed by atoms with Gasteiger partial charge in [0, 0.05) is 33.2 Å². The summed E-state index contributed by atoms with van der Waals surface area (Å²) >= 11 is 0. The Kier molecular flexibility index (Phi) is 6.61. The average Bonchev–Trinajstić information content (AvgIpc) is 2.77. The van der Waals surface area contributed by atoms with Crippen LogP contribution in [0.5, 0.6) is 0 Å². The van der Waals surface area contributed by atoms with Crippen molar-refractivity contribution in [3.05, 3.63) is 0 Å². The number of nitrogens with zero attached hydrogens (tertiary/aromatic N) is 1. The standard InChI is InChI=1S/C14H24N2O5/c1-9(2)11(14(19)20)7-15-13(18)10-6-12(17)16(8-10)4-5-21-3/h9-11H,4-8H2,1-3H3,(H,15,18)(H,19,20). The third-order valence-corrected chi connectivity index (χ3v) is 3.77. The molecule has 7 nitrogen and oxygen atoms in total. The van der Waals surface area contributed by atoms with Gasteiger partial charge in [0.1, 0.15) is 0 Å². The van der Waals surface area contributed by atoms with Crippen LogP contribution in [-0.4, -0.2) is 61.1 Å². The molecule has 1 aliphatic heterocycles. The Morgan fingerprint density at radius 1 is 1.48 bits per heavy atom. The van der Waals surface area contributed by atoms with Gasteiger partial charge in [0.25, 0.3) is 0 Å². The normalized spacial score (nSPS) is 19.9. The lowest BCUT2D eigenvalue weighted by molar-refractivity contribution is -0.143. The van der Waals surface area contributed by atoms with E-state index in [1.54, 1.807) is 25.9 Å². The van der Waals surface area contributed by atoms with Gasteiger partial charge in [-0.3, -0.25) is 14.4 Å². The molecule has 0 spiro atoms. The predicted molar refractivity (Wildman–Crippen MR) is 75.5 cm³/mol. The van der Waals surface area contributed by atoms with Gasteiger partial charge >= 0.3 is 5.97 Å². The summed E-state index contributed by atoms with van der Waals surface area (Å²) in [6.07, 6.45) is 0.176. The summed E-state index contributed by atoms with van der Waals surface area (Å²) < 4.78 is 4.92. The van der Waals surface area contributed by atoms with Crippen molar-refractivity contribution in [1.82, 2.24) is 10.2 Å². The van der Waals surface area contributed by atoms with Crippen LogP contribution in [0.1, 0.15) is 20.3 Å². The minimum absolute atomic E-state index is 0.0637. The Hall–Kier alpha value is -1.63. The molecule has 2 amide bonds. The van der Waals surface area contributed by atoms with E-state index in [1.165, 1.54) is 0 Å². The summed E-state index contributed by atoms with van der Waals surface area (Å²) in [4.78, 5) is 36.5. The highest BCUT2D eigenvalue weighted by molar-refractivity contribution is 5.89. The molecule has 0 aromatic carbocycles. The molecule has 2 unspecified atom stereocenters. The summed E-state index contributed by atoms with van der Waals surface area (Å²) in [6, 6.07) is 0. The molecule has 1 aliphatic rings. The van der Waals surface area contributed by atoms with Crippen LogP contribution in [0.3, 0.4) is 0 Å². The van der Waals surface area contributed by atoms with Crippen molar-refractivity contribution in [1.29, 1.82) is 0 Å². The van der Waals surface area contributed by atoms with Crippen molar-refractivity contribution in [3.8, 4) is 0 Å². The maximum absolute atomic E-state index is 12.0. The van der Waals surface area contributed by atoms with E-state index in [0.29, 0.717) is 19.7 Å². The number of carbonyl (C=O) groups is 3. The van der Waals surface area contributed by atoms with E-state index < -0.39 is 17.8 Å². The Bertz CT molecular complexity index is 397. The fraction of sp³-hybridized carbons (Fsp3) is 0.786. The van der Waals surface area contributed by atoms with Crippen LogP contribution in [0.15, 0.2) is 0 Å². The SMILES string of the molecule is COCCN1CC(C(=O)NCC(C(=O)O)C(C)C)CC1=O. The fourth-order valence-electron chi connectivity index (χ4n) is 2.33. The topological polar surface area (TPSA) is 95.9 Å². The number of ether oxygens (including phenoxy) is 1. The second-order valence-electron chi connectivity index (χ2n) is 5.67. The van der Waals surface area contributed by atoms with E-state index >= 15 is 0 Å². The zero-order chi connectivity index (χ0) is 16.0. The number of nitrogens with one attached hydrogen (secondary N) is 1. The van der Waals surface area contributed by atoms with Gasteiger partial charge in [-0.2, -0.15) is 0 Å². The van der Waals surface area contributed by atoms with Gasteiger partial charge in [0.15, 0.2) is 0 Å². The van der Waals surface area contributed by atoms with Crippen molar-refractivity contribution in [3.63, 3.8) is 0 Å². The Balaban J connectivity index is 2.46. The molecule has 1 saturated heterocycles. The van der Waals surface area contributed by atoms with Crippen LogP contribution in [0.4, 0.5) is 0 Å². The highest BCUT2D eigenvalue weighted by Crippen LogP contribution is 2.18. The molecule has 1 heterocycles. The molecule has 1 rings (SSSR count).